The third-order valence-corrected chi connectivity index (χ3v) is 8.49. The van der Waals surface area contributed by atoms with Crippen molar-refractivity contribution < 1.29 is 38.4 Å². The second-order valence-electron chi connectivity index (χ2n) is 12.8. The molecule has 0 fully saturated rings. The van der Waals surface area contributed by atoms with Crippen LogP contribution in [-0.4, -0.2) is 101 Å². The van der Waals surface area contributed by atoms with Crippen LogP contribution in [0.4, 0.5) is 4.79 Å². The Morgan fingerprint density at radius 3 is 1.92 bits per heavy atom. The maximum Gasteiger partial charge on any atom is 0.407 e. The van der Waals surface area contributed by atoms with E-state index in [4.69, 9.17) is 24.7 Å². The topological polar surface area (TPSA) is 170 Å². The number of aliphatic hydroxyl groups excluding tert-OH is 1. The number of hydrogen-bond donors (Lipinski definition) is 5. The van der Waals surface area contributed by atoms with Crippen molar-refractivity contribution in [3.8, 4) is 11.1 Å². The van der Waals surface area contributed by atoms with E-state index >= 15 is 0 Å². The van der Waals surface area contributed by atoms with Gasteiger partial charge in [-0.15, -0.1) is 0 Å². The molecule has 51 heavy (non-hydrogen) atoms. The molecule has 276 valence electrons. The Balaban J connectivity index is 1.31. The summed E-state index contributed by atoms with van der Waals surface area (Å²) in [5.74, 6) is -1.26. The standard InChI is InChI=1S/C39H52N4O8/c1-27(2)24-35(37(45)41-17-19-49-21-23-50-22-20-48-18-16-40)42-38(46)36(44)34(25-28-10-4-3-5-11-28)43-39(47)51-26-33-31-14-8-6-12-29(31)30-13-7-9-15-32(30)33/h3-15,27,33-36,44H,16-26,40H2,1-2H3,(H,41,45)(H,42,46)(H,43,47)/t34-,35+,36+/m0/s1. The molecular formula is C39H52N4O8. The minimum Gasteiger partial charge on any atom is -0.449 e. The normalized spacial score (nSPS) is 13.9. The Labute approximate surface area is 300 Å². The second kappa shape index (κ2) is 21.1. The highest BCUT2D eigenvalue weighted by Crippen LogP contribution is 2.44. The van der Waals surface area contributed by atoms with Crippen molar-refractivity contribution >= 4 is 17.9 Å². The van der Waals surface area contributed by atoms with E-state index in [2.05, 4.69) is 28.1 Å². The molecule has 3 atom stereocenters. The molecule has 0 heterocycles. The van der Waals surface area contributed by atoms with Crippen molar-refractivity contribution in [2.45, 2.75) is 50.8 Å². The lowest BCUT2D eigenvalue weighted by molar-refractivity contribution is -0.135. The van der Waals surface area contributed by atoms with Gasteiger partial charge in [0.05, 0.1) is 45.7 Å². The van der Waals surface area contributed by atoms with Crippen molar-refractivity contribution in [2.24, 2.45) is 11.7 Å². The van der Waals surface area contributed by atoms with Gasteiger partial charge in [0.25, 0.3) is 5.91 Å². The smallest absolute Gasteiger partial charge is 0.407 e. The number of fused-ring (bicyclic) bond motifs is 3. The summed E-state index contributed by atoms with van der Waals surface area (Å²) in [5.41, 5.74) is 10.5. The van der Waals surface area contributed by atoms with Gasteiger partial charge >= 0.3 is 6.09 Å². The van der Waals surface area contributed by atoms with Gasteiger partial charge in [0.1, 0.15) is 12.6 Å². The van der Waals surface area contributed by atoms with Crippen LogP contribution in [0, 0.1) is 5.92 Å². The number of nitrogens with one attached hydrogen (secondary N) is 3. The number of aliphatic hydroxyl groups is 1. The molecule has 0 aliphatic heterocycles. The van der Waals surface area contributed by atoms with E-state index in [-0.39, 0.29) is 38.0 Å². The van der Waals surface area contributed by atoms with Gasteiger partial charge in [-0.2, -0.15) is 0 Å². The molecule has 12 nitrogen and oxygen atoms in total. The maximum atomic E-state index is 13.5. The van der Waals surface area contributed by atoms with Crippen molar-refractivity contribution in [3.05, 3.63) is 95.6 Å². The van der Waals surface area contributed by atoms with Crippen molar-refractivity contribution in [1.82, 2.24) is 16.0 Å². The molecule has 1 aliphatic carbocycles. The molecule has 0 saturated carbocycles. The number of ether oxygens (including phenoxy) is 4. The Bertz CT molecular complexity index is 1480. The van der Waals surface area contributed by atoms with E-state index in [0.29, 0.717) is 46.0 Å². The number of benzene rings is 3. The lowest BCUT2D eigenvalue weighted by Crippen LogP contribution is -2.56. The fourth-order valence-corrected chi connectivity index (χ4v) is 6.04. The monoisotopic (exact) mass is 704 g/mol. The number of hydrogen-bond acceptors (Lipinski definition) is 9. The average Bonchev–Trinajstić information content (AvgIpc) is 3.45. The molecule has 12 heteroatoms. The van der Waals surface area contributed by atoms with E-state index in [1.807, 2.05) is 80.6 Å². The van der Waals surface area contributed by atoms with E-state index in [0.717, 1.165) is 27.8 Å². The molecule has 0 spiro atoms. The molecule has 0 aromatic heterocycles. The fourth-order valence-electron chi connectivity index (χ4n) is 6.04. The SMILES string of the molecule is CC(C)C[C@@H](NC(=O)[C@H](O)[C@H](Cc1ccccc1)NC(=O)OCC1c2ccccc2-c2ccccc21)C(=O)NCCOCCOCCOCCN. The Morgan fingerprint density at radius 2 is 1.31 bits per heavy atom. The molecule has 0 radical (unpaired) electrons. The fraction of sp³-hybridized carbons (Fsp3) is 0.462. The summed E-state index contributed by atoms with van der Waals surface area (Å²) in [6.07, 6.45) is -1.93. The Kier molecular flexibility index (Phi) is 16.3. The summed E-state index contributed by atoms with van der Waals surface area (Å²) < 4.78 is 21.9. The van der Waals surface area contributed by atoms with Crippen LogP contribution in [0.25, 0.3) is 11.1 Å². The summed E-state index contributed by atoms with van der Waals surface area (Å²) in [5, 5.41) is 19.5. The average molecular weight is 705 g/mol. The molecule has 4 rings (SSSR count). The van der Waals surface area contributed by atoms with E-state index < -0.39 is 36.1 Å². The van der Waals surface area contributed by atoms with Crippen LogP contribution in [0.5, 0.6) is 0 Å². The third-order valence-electron chi connectivity index (χ3n) is 8.49. The summed E-state index contributed by atoms with van der Waals surface area (Å²) in [4.78, 5) is 39.8. The lowest BCUT2D eigenvalue weighted by atomic mass is 9.98. The first-order valence-electron chi connectivity index (χ1n) is 17.6. The zero-order valence-electron chi connectivity index (χ0n) is 29.6. The number of carbonyl (C=O) groups excluding carboxylic acids is 3. The number of rotatable bonds is 22. The molecule has 0 bridgehead atoms. The van der Waals surface area contributed by atoms with Crippen LogP contribution >= 0.6 is 0 Å². The van der Waals surface area contributed by atoms with Crippen molar-refractivity contribution in [3.63, 3.8) is 0 Å². The second-order valence-corrected chi connectivity index (χ2v) is 12.8. The largest absolute Gasteiger partial charge is 0.449 e. The summed E-state index contributed by atoms with van der Waals surface area (Å²) in [7, 11) is 0. The molecule has 0 saturated heterocycles. The van der Waals surface area contributed by atoms with Crippen LogP contribution in [-0.2, 0) is 35.0 Å². The molecule has 3 amide bonds. The van der Waals surface area contributed by atoms with Gasteiger partial charge in [-0.3, -0.25) is 9.59 Å². The van der Waals surface area contributed by atoms with E-state index in [9.17, 15) is 19.5 Å². The highest BCUT2D eigenvalue weighted by Gasteiger charge is 2.33. The summed E-state index contributed by atoms with van der Waals surface area (Å²) in [6.45, 7) is 7.03. The van der Waals surface area contributed by atoms with Gasteiger partial charge in [-0.05, 0) is 46.6 Å². The lowest BCUT2D eigenvalue weighted by Gasteiger charge is -2.26. The number of nitrogens with two attached hydrogens (primary N) is 1. The molecule has 6 N–H and O–H groups in total. The molecule has 3 aromatic carbocycles. The predicted molar refractivity (Wildman–Crippen MR) is 194 cm³/mol. The van der Waals surface area contributed by atoms with Crippen LogP contribution < -0.4 is 21.7 Å². The highest BCUT2D eigenvalue weighted by atomic mass is 16.6. The highest BCUT2D eigenvalue weighted by molar-refractivity contribution is 5.90. The van der Waals surface area contributed by atoms with E-state index in [1.165, 1.54) is 0 Å². The van der Waals surface area contributed by atoms with Gasteiger partial charge in [-0.25, -0.2) is 4.79 Å². The van der Waals surface area contributed by atoms with Crippen molar-refractivity contribution in [1.29, 1.82) is 0 Å². The quantitative estimate of drug-likeness (QED) is 0.0987. The number of amides is 3. The first-order valence-corrected chi connectivity index (χ1v) is 17.6. The molecular weight excluding hydrogens is 652 g/mol. The van der Waals surface area contributed by atoms with Crippen LogP contribution in [0.2, 0.25) is 0 Å². The third kappa shape index (κ3) is 12.4. The number of alkyl carbamates (subject to hydrolysis) is 1. The molecule has 0 unspecified atom stereocenters. The van der Waals surface area contributed by atoms with Crippen LogP contribution in [0.3, 0.4) is 0 Å². The minimum absolute atomic E-state index is 0.0690. The molecule has 3 aromatic rings. The zero-order valence-corrected chi connectivity index (χ0v) is 29.6. The maximum absolute atomic E-state index is 13.5. The Morgan fingerprint density at radius 1 is 0.745 bits per heavy atom. The van der Waals surface area contributed by atoms with Crippen LogP contribution in [0.1, 0.15) is 42.9 Å². The van der Waals surface area contributed by atoms with Crippen molar-refractivity contribution in [2.75, 3.05) is 59.3 Å². The van der Waals surface area contributed by atoms with E-state index in [1.54, 1.807) is 0 Å². The number of carbonyl (C=O) groups is 3. The zero-order chi connectivity index (χ0) is 36.4. The summed E-state index contributed by atoms with van der Waals surface area (Å²) in [6, 6.07) is 23.4. The van der Waals surface area contributed by atoms with Gasteiger partial charge in [-0.1, -0.05) is 92.7 Å². The Hall–Kier alpha value is -4.33. The van der Waals surface area contributed by atoms with Gasteiger partial charge in [0.2, 0.25) is 5.91 Å². The summed E-state index contributed by atoms with van der Waals surface area (Å²) >= 11 is 0. The minimum atomic E-state index is -1.67. The van der Waals surface area contributed by atoms with Gasteiger partial charge < -0.3 is 45.7 Å². The van der Waals surface area contributed by atoms with Crippen LogP contribution in [0.15, 0.2) is 78.9 Å². The first kappa shape index (κ1) is 39.5. The first-order chi connectivity index (χ1) is 24.8. The predicted octanol–water partition coefficient (Wildman–Crippen LogP) is 3.15. The van der Waals surface area contributed by atoms with Gasteiger partial charge in [0, 0.05) is 19.0 Å². The molecule has 1 aliphatic rings. The van der Waals surface area contributed by atoms with Gasteiger partial charge in [0.15, 0.2) is 6.10 Å².